The number of carbonyl (C=O) groups is 2. The number of carbonyl (C=O) groups excluding carboxylic acids is 2. The van der Waals surface area contributed by atoms with Gasteiger partial charge >= 0.3 is 0 Å². The van der Waals surface area contributed by atoms with Crippen molar-refractivity contribution in [2.24, 2.45) is 0 Å². The molecule has 2 amide bonds. The molecule has 0 aliphatic heterocycles. The lowest BCUT2D eigenvalue weighted by Gasteiger charge is -2.11. The number of thiophene rings is 1. The number of nitrogens with one attached hydrogen (secondary N) is 3. The average molecular weight is 909 g/mol. The van der Waals surface area contributed by atoms with Crippen molar-refractivity contribution < 1.29 is 45.0 Å². The van der Waals surface area contributed by atoms with E-state index in [4.69, 9.17) is 14.2 Å². The number of H-pyrrole nitrogens is 1. The predicted octanol–water partition coefficient (Wildman–Crippen LogP) is 6.94. The van der Waals surface area contributed by atoms with Gasteiger partial charge < -0.3 is 24.8 Å². The molecule has 63 heavy (non-hydrogen) atoms. The van der Waals surface area contributed by atoms with Crippen molar-refractivity contribution in [2.75, 3.05) is 21.3 Å². The number of halogens is 1. The Balaban J connectivity index is 0.000000189. The van der Waals surface area contributed by atoms with Crippen LogP contribution in [-0.2, 0) is 32.8 Å². The number of aromatic amines is 1. The smallest absolute Gasteiger partial charge is 0.261 e. The van der Waals surface area contributed by atoms with Gasteiger partial charge in [0.15, 0.2) is 17.1 Å². The van der Waals surface area contributed by atoms with Crippen LogP contribution < -0.4 is 24.8 Å². The molecule has 8 aromatic rings. The Hall–Kier alpha value is -7.22. The summed E-state index contributed by atoms with van der Waals surface area (Å²) in [5, 5.41) is 13.9. The van der Waals surface area contributed by atoms with E-state index in [1.54, 1.807) is 55.0 Å². The topological polar surface area (TPSA) is 209 Å². The average Bonchev–Trinajstić information content (AvgIpc) is 3.97. The molecule has 0 fully saturated rings. The minimum Gasteiger partial charge on any atom is -0.497 e. The Morgan fingerprint density at radius 3 is 1.92 bits per heavy atom. The molecule has 15 nitrogen and oxygen atoms in total. The number of sulfone groups is 2. The van der Waals surface area contributed by atoms with Gasteiger partial charge in [-0.05, 0) is 83.2 Å². The van der Waals surface area contributed by atoms with Gasteiger partial charge in [0.25, 0.3) is 11.8 Å². The van der Waals surface area contributed by atoms with E-state index < -0.39 is 25.5 Å². The predicted molar refractivity (Wildman–Crippen MR) is 232 cm³/mol. The quantitative estimate of drug-likeness (QED) is 0.107. The number of pyridine rings is 2. The number of hydrogen-bond donors (Lipinski definition) is 3. The van der Waals surface area contributed by atoms with E-state index in [9.17, 15) is 30.8 Å². The fourth-order valence-corrected chi connectivity index (χ4v) is 9.68. The molecule has 322 valence electrons. The number of benzene rings is 4. The molecule has 3 N–H and O–H groups in total. The fraction of sp³-hybridized carbons (Fsp3) is 0.114. The van der Waals surface area contributed by atoms with Crippen LogP contribution in [0.2, 0.25) is 0 Å². The number of ether oxygens (including phenoxy) is 3. The van der Waals surface area contributed by atoms with Gasteiger partial charge in [-0.3, -0.25) is 19.7 Å². The Morgan fingerprint density at radius 1 is 0.651 bits per heavy atom. The van der Waals surface area contributed by atoms with E-state index in [0.717, 1.165) is 33.2 Å². The van der Waals surface area contributed by atoms with Gasteiger partial charge in [-0.25, -0.2) is 26.2 Å². The van der Waals surface area contributed by atoms with Crippen molar-refractivity contribution >= 4 is 63.9 Å². The maximum absolute atomic E-state index is 13.7. The lowest BCUT2D eigenvalue weighted by atomic mass is 10.2. The minimum absolute atomic E-state index is 0.00448. The fourth-order valence-electron chi connectivity index (χ4n) is 6.15. The Bertz CT molecular complexity index is 3140. The molecular formula is C44H37FN6O9S3. The molecule has 0 bridgehead atoms. The lowest BCUT2D eigenvalue weighted by molar-refractivity contribution is 0.0944. The van der Waals surface area contributed by atoms with Crippen LogP contribution in [-0.4, -0.2) is 70.1 Å². The zero-order valence-electron chi connectivity index (χ0n) is 33.7. The number of methoxy groups -OCH3 is 3. The van der Waals surface area contributed by atoms with Gasteiger partial charge in [0.2, 0.25) is 19.7 Å². The summed E-state index contributed by atoms with van der Waals surface area (Å²) < 4.78 is 81.5. The molecule has 0 radical (unpaired) electrons. The van der Waals surface area contributed by atoms with Gasteiger partial charge in [-0.1, -0.05) is 24.3 Å². The monoisotopic (exact) mass is 908 g/mol. The van der Waals surface area contributed by atoms with Crippen molar-refractivity contribution in [2.45, 2.75) is 32.7 Å². The second kappa shape index (κ2) is 18.8. The molecule has 4 heterocycles. The second-order valence-corrected chi connectivity index (χ2v) is 18.5. The SMILES string of the molecule is COc1cc(F)cc(S(=O)(=O)c2ccc(CNC(=O)c3cnc4[nH]ncc4c3)cc2)c1.COc1ccc(S(=O)(=O)c2ccc(CNC(=O)c3cc4ccncc4s3)cc2)cc1OC. The lowest BCUT2D eigenvalue weighted by Crippen LogP contribution is -2.22. The third-order valence-electron chi connectivity index (χ3n) is 9.53. The van der Waals surface area contributed by atoms with E-state index in [1.807, 2.05) is 12.1 Å². The summed E-state index contributed by atoms with van der Waals surface area (Å²) in [6.07, 6.45) is 6.44. The van der Waals surface area contributed by atoms with Crippen LogP contribution >= 0.6 is 11.3 Å². The Labute approximate surface area is 364 Å². The highest BCUT2D eigenvalue weighted by Crippen LogP contribution is 2.32. The Morgan fingerprint density at radius 2 is 1.29 bits per heavy atom. The van der Waals surface area contributed by atoms with Crippen molar-refractivity contribution in [1.29, 1.82) is 0 Å². The zero-order valence-corrected chi connectivity index (χ0v) is 36.1. The zero-order chi connectivity index (χ0) is 44.7. The highest BCUT2D eigenvalue weighted by molar-refractivity contribution is 7.91. The minimum atomic E-state index is -3.92. The van der Waals surface area contributed by atoms with Crippen molar-refractivity contribution in [1.82, 2.24) is 30.8 Å². The largest absolute Gasteiger partial charge is 0.497 e. The van der Waals surface area contributed by atoms with Crippen LogP contribution in [0.4, 0.5) is 4.39 Å². The maximum atomic E-state index is 13.7. The molecule has 8 rings (SSSR count). The first-order valence-corrected chi connectivity index (χ1v) is 22.5. The normalized spacial score (nSPS) is 11.4. The van der Waals surface area contributed by atoms with Crippen LogP contribution in [0.3, 0.4) is 0 Å². The molecule has 0 saturated carbocycles. The molecule has 19 heteroatoms. The van der Waals surface area contributed by atoms with E-state index in [0.29, 0.717) is 33.2 Å². The van der Waals surface area contributed by atoms with Gasteiger partial charge in [-0.2, -0.15) is 5.10 Å². The van der Waals surface area contributed by atoms with Gasteiger partial charge in [0, 0.05) is 49.2 Å². The standard InChI is InChI=1S/C23H20N2O5S2.C21H17FN4O4S/c1-29-19-8-7-18(12-20(19)30-2)32(27,28)17-5-3-15(4-6-17)13-25-23(26)21-11-16-9-10-24-14-22(16)31-21;1-30-17-7-16(22)8-19(9-17)31(28,29)18-4-2-13(3-5-18)10-24-21(27)15-6-14-12-25-26-20(14)23-11-15/h3-12,14H,13H2,1-2H3,(H,25,26);2-9,11-12H,10H2,1H3,(H,24,27)(H,23,25,26). The van der Waals surface area contributed by atoms with Crippen LogP contribution in [0.5, 0.6) is 17.2 Å². The third kappa shape index (κ3) is 9.96. The molecule has 0 unspecified atom stereocenters. The number of nitrogens with zero attached hydrogens (tertiary/aromatic N) is 3. The van der Waals surface area contributed by atoms with E-state index in [-0.39, 0.29) is 50.2 Å². The first-order chi connectivity index (χ1) is 30.3. The highest BCUT2D eigenvalue weighted by Gasteiger charge is 2.22. The summed E-state index contributed by atoms with van der Waals surface area (Å²) in [4.78, 5) is 33.7. The van der Waals surface area contributed by atoms with Crippen molar-refractivity contribution in [3.05, 3.63) is 155 Å². The summed E-state index contributed by atoms with van der Waals surface area (Å²) in [6.45, 7) is 0.471. The summed E-state index contributed by atoms with van der Waals surface area (Å²) in [6, 6.07) is 25.5. The second-order valence-electron chi connectivity index (χ2n) is 13.6. The highest BCUT2D eigenvalue weighted by atomic mass is 32.2. The van der Waals surface area contributed by atoms with Gasteiger partial charge in [0.05, 0.1) is 62.2 Å². The number of hydrogen-bond acceptors (Lipinski definition) is 13. The van der Waals surface area contributed by atoms with Crippen LogP contribution in [0.15, 0.2) is 147 Å². The molecule has 4 aromatic carbocycles. The van der Waals surface area contributed by atoms with E-state index >= 15 is 0 Å². The summed E-state index contributed by atoms with van der Waals surface area (Å²) in [5.41, 5.74) is 2.45. The molecule has 0 spiro atoms. The number of aromatic nitrogens is 4. The number of fused-ring (bicyclic) bond motifs is 2. The number of rotatable bonds is 13. The third-order valence-corrected chi connectivity index (χ3v) is 14.1. The van der Waals surface area contributed by atoms with Crippen LogP contribution in [0, 0.1) is 5.82 Å². The molecule has 4 aromatic heterocycles. The van der Waals surface area contributed by atoms with Gasteiger partial charge in [-0.15, -0.1) is 11.3 Å². The van der Waals surface area contributed by atoms with E-state index in [1.165, 1.54) is 81.3 Å². The van der Waals surface area contributed by atoms with Crippen molar-refractivity contribution in [3.63, 3.8) is 0 Å². The molecule has 0 aliphatic rings. The first-order valence-electron chi connectivity index (χ1n) is 18.7. The van der Waals surface area contributed by atoms with E-state index in [2.05, 4.69) is 30.8 Å². The maximum Gasteiger partial charge on any atom is 0.261 e. The van der Waals surface area contributed by atoms with Gasteiger partial charge in [0.1, 0.15) is 11.6 Å². The summed E-state index contributed by atoms with van der Waals surface area (Å²) >= 11 is 1.38. The molecule has 0 aliphatic carbocycles. The summed E-state index contributed by atoms with van der Waals surface area (Å²) in [7, 11) is -3.38. The first kappa shape index (κ1) is 43.9. The summed E-state index contributed by atoms with van der Waals surface area (Å²) in [5.74, 6) is -0.314. The molecule has 0 saturated heterocycles. The number of amides is 2. The molecular weight excluding hydrogens is 872 g/mol. The van der Waals surface area contributed by atoms with Crippen molar-refractivity contribution in [3.8, 4) is 17.2 Å². The molecule has 0 atom stereocenters. The van der Waals surface area contributed by atoms with Crippen LogP contribution in [0.1, 0.15) is 31.2 Å². The van der Waals surface area contributed by atoms with Crippen LogP contribution in [0.25, 0.3) is 21.1 Å². The Kier molecular flexibility index (Phi) is 13.1.